The van der Waals surface area contributed by atoms with Crippen molar-refractivity contribution in [3.8, 4) is 0 Å². The summed E-state index contributed by atoms with van der Waals surface area (Å²) in [6.07, 6.45) is 1.58. The zero-order valence-corrected chi connectivity index (χ0v) is 13.9. The standard InChI is InChI=1S/C17H16FNO2S2/c18-16-8-4-7-15(13-16)17-19(10-11-22-17)23(20,21)12-9-14-5-2-1-3-6-14/h1-9,12-13,17H,10-11H2. The van der Waals surface area contributed by atoms with Gasteiger partial charge in [0.2, 0.25) is 10.0 Å². The van der Waals surface area contributed by atoms with E-state index in [4.69, 9.17) is 0 Å². The van der Waals surface area contributed by atoms with Gasteiger partial charge >= 0.3 is 0 Å². The highest BCUT2D eigenvalue weighted by atomic mass is 32.2. The minimum atomic E-state index is -3.56. The third-order valence-corrected chi connectivity index (χ3v) is 6.46. The Hall–Kier alpha value is -1.63. The Morgan fingerprint density at radius 2 is 1.91 bits per heavy atom. The van der Waals surface area contributed by atoms with Crippen molar-refractivity contribution in [1.29, 1.82) is 0 Å². The predicted octanol–water partition coefficient (Wildman–Crippen LogP) is 3.87. The quantitative estimate of drug-likeness (QED) is 0.841. The molecule has 1 saturated heterocycles. The second kappa shape index (κ2) is 6.86. The zero-order valence-electron chi connectivity index (χ0n) is 12.3. The lowest BCUT2D eigenvalue weighted by Crippen LogP contribution is -2.28. The maximum atomic E-state index is 13.4. The summed E-state index contributed by atoms with van der Waals surface area (Å²) in [5.41, 5.74) is 1.49. The van der Waals surface area contributed by atoms with Crippen molar-refractivity contribution in [2.24, 2.45) is 0 Å². The van der Waals surface area contributed by atoms with Crippen molar-refractivity contribution in [3.05, 3.63) is 76.9 Å². The summed E-state index contributed by atoms with van der Waals surface area (Å²) in [5.74, 6) is 0.340. The van der Waals surface area contributed by atoms with Gasteiger partial charge in [0.1, 0.15) is 5.82 Å². The van der Waals surface area contributed by atoms with E-state index in [1.54, 1.807) is 18.2 Å². The van der Waals surface area contributed by atoms with Crippen LogP contribution in [-0.2, 0) is 10.0 Å². The van der Waals surface area contributed by atoms with Crippen LogP contribution in [0.5, 0.6) is 0 Å². The van der Waals surface area contributed by atoms with Gasteiger partial charge in [0.15, 0.2) is 0 Å². The van der Waals surface area contributed by atoms with Crippen LogP contribution in [0.3, 0.4) is 0 Å². The molecule has 1 heterocycles. The minimum absolute atomic E-state index is 0.354. The summed E-state index contributed by atoms with van der Waals surface area (Å²) >= 11 is 1.51. The van der Waals surface area contributed by atoms with Gasteiger partial charge in [-0.1, -0.05) is 42.5 Å². The van der Waals surface area contributed by atoms with Crippen molar-refractivity contribution in [2.75, 3.05) is 12.3 Å². The molecule has 2 aromatic rings. The van der Waals surface area contributed by atoms with Gasteiger partial charge in [0.05, 0.1) is 5.37 Å². The molecule has 0 saturated carbocycles. The molecular weight excluding hydrogens is 333 g/mol. The van der Waals surface area contributed by atoms with E-state index >= 15 is 0 Å². The molecule has 2 aromatic carbocycles. The minimum Gasteiger partial charge on any atom is -0.207 e. The predicted molar refractivity (Wildman–Crippen MR) is 92.7 cm³/mol. The molecule has 1 aliphatic rings. The molecule has 0 N–H and O–H groups in total. The fourth-order valence-corrected chi connectivity index (χ4v) is 5.46. The molecule has 1 fully saturated rings. The first-order chi connectivity index (χ1) is 11.1. The Morgan fingerprint density at radius 1 is 1.13 bits per heavy atom. The van der Waals surface area contributed by atoms with E-state index in [2.05, 4.69) is 0 Å². The normalized spacial score (nSPS) is 19.4. The lowest BCUT2D eigenvalue weighted by atomic mass is 10.2. The Balaban J connectivity index is 1.85. The first-order valence-corrected chi connectivity index (χ1v) is 9.73. The van der Waals surface area contributed by atoms with E-state index in [1.165, 1.54) is 33.6 Å². The molecule has 3 nitrogen and oxygen atoms in total. The fourth-order valence-electron chi connectivity index (χ4n) is 2.44. The van der Waals surface area contributed by atoms with E-state index in [1.807, 2.05) is 30.3 Å². The first-order valence-electron chi connectivity index (χ1n) is 7.18. The Labute approximate surface area is 139 Å². The zero-order chi connectivity index (χ0) is 16.3. The molecule has 0 radical (unpaired) electrons. The average molecular weight is 349 g/mol. The highest BCUT2D eigenvalue weighted by Gasteiger charge is 2.34. The van der Waals surface area contributed by atoms with Crippen LogP contribution in [0.15, 0.2) is 60.0 Å². The van der Waals surface area contributed by atoms with Crippen molar-refractivity contribution < 1.29 is 12.8 Å². The molecule has 0 spiro atoms. The fraction of sp³-hybridized carbons (Fsp3) is 0.176. The van der Waals surface area contributed by atoms with E-state index in [0.29, 0.717) is 17.9 Å². The van der Waals surface area contributed by atoms with Crippen LogP contribution >= 0.6 is 11.8 Å². The molecule has 6 heteroatoms. The van der Waals surface area contributed by atoms with Crippen LogP contribution in [0.25, 0.3) is 6.08 Å². The molecule has 1 unspecified atom stereocenters. The molecule has 0 amide bonds. The number of thioether (sulfide) groups is 1. The van der Waals surface area contributed by atoms with Crippen molar-refractivity contribution in [3.63, 3.8) is 0 Å². The third kappa shape index (κ3) is 3.83. The summed E-state index contributed by atoms with van der Waals surface area (Å²) in [6, 6.07) is 15.4. The smallest absolute Gasteiger partial charge is 0.207 e. The van der Waals surface area contributed by atoms with Crippen LogP contribution in [0.4, 0.5) is 4.39 Å². The van der Waals surface area contributed by atoms with Gasteiger partial charge in [-0.05, 0) is 29.3 Å². The van der Waals surface area contributed by atoms with E-state index in [0.717, 1.165) is 5.56 Å². The summed E-state index contributed by atoms with van der Waals surface area (Å²) in [5, 5.41) is 0.844. The van der Waals surface area contributed by atoms with Gasteiger partial charge in [0, 0.05) is 17.7 Å². The lowest BCUT2D eigenvalue weighted by Gasteiger charge is -2.21. The van der Waals surface area contributed by atoms with Gasteiger partial charge in [-0.25, -0.2) is 12.8 Å². The molecule has 0 aromatic heterocycles. The monoisotopic (exact) mass is 349 g/mol. The Kier molecular flexibility index (Phi) is 4.84. The Morgan fingerprint density at radius 3 is 2.65 bits per heavy atom. The van der Waals surface area contributed by atoms with Gasteiger partial charge in [-0.2, -0.15) is 4.31 Å². The SMILES string of the molecule is O=S(=O)(C=Cc1ccccc1)N1CCSC1c1cccc(F)c1. The summed E-state index contributed by atoms with van der Waals surface area (Å²) < 4.78 is 40.1. The number of benzene rings is 2. The van der Waals surface area contributed by atoms with Crippen LogP contribution in [-0.4, -0.2) is 25.0 Å². The maximum Gasteiger partial charge on any atom is 0.237 e. The van der Waals surface area contributed by atoms with E-state index in [9.17, 15) is 12.8 Å². The number of sulfonamides is 1. The number of rotatable bonds is 4. The topological polar surface area (TPSA) is 37.4 Å². The van der Waals surface area contributed by atoms with Crippen molar-refractivity contribution >= 4 is 27.9 Å². The van der Waals surface area contributed by atoms with Gasteiger partial charge < -0.3 is 0 Å². The molecule has 1 aliphatic heterocycles. The number of nitrogens with zero attached hydrogens (tertiary/aromatic N) is 1. The van der Waals surface area contributed by atoms with Gasteiger partial charge in [-0.3, -0.25) is 0 Å². The van der Waals surface area contributed by atoms with Gasteiger partial charge in [-0.15, -0.1) is 11.8 Å². The number of hydrogen-bond acceptors (Lipinski definition) is 3. The van der Waals surface area contributed by atoms with Crippen molar-refractivity contribution in [1.82, 2.24) is 4.31 Å². The lowest BCUT2D eigenvalue weighted by molar-refractivity contribution is 0.440. The first kappa shape index (κ1) is 16.2. The van der Waals surface area contributed by atoms with Gasteiger partial charge in [0.25, 0.3) is 0 Å². The molecule has 1 atom stereocenters. The molecule has 3 rings (SSSR count). The van der Waals surface area contributed by atoms with Crippen LogP contribution in [0.1, 0.15) is 16.5 Å². The molecule has 0 aliphatic carbocycles. The van der Waals surface area contributed by atoms with Crippen LogP contribution in [0, 0.1) is 5.82 Å². The Bertz CT molecular complexity index is 806. The van der Waals surface area contributed by atoms with Crippen LogP contribution < -0.4 is 0 Å². The molecule has 23 heavy (non-hydrogen) atoms. The summed E-state index contributed by atoms with van der Waals surface area (Å²) in [6.45, 7) is 0.424. The summed E-state index contributed by atoms with van der Waals surface area (Å²) in [4.78, 5) is 0. The van der Waals surface area contributed by atoms with Crippen LogP contribution in [0.2, 0.25) is 0 Å². The molecular formula is C17H16FNO2S2. The highest BCUT2D eigenvalue weighted by Crippen LogP contribution is 2.40. The number of halogens is 1. The molecule has 120 valence electrons. The summed E-state index contributed by atoms with van der Waals surface area (Å²) in [7, 11) is -3.56. The maximum absolute atomic E-state index is 13.4. The second-order valence-electron chi connectivity index (χ2n) is 5.15. The average Bonchev–Trinajstić information content (AvgIpc) is 3.05. The molecule has 0 bridgehead atoms. The third-order valence-electron chi connectivity index (χ3n) is 3.54. The second-order valence-corrected chi connectivity index (χ2v) is 8.11. The van der Waals surface area contributed by atoms with E-state index < -0.39 is 10.0 Å². The van der Waals surface area contributed by atoms with E-state index in [-0.39, 0.29) is 11.2 Å². The number of hydrogen-bond donors (Lipinski definition) is 0. The highest BCUT2D eigenvalue weighted by molar-refractivity contribution is 8.01. The van der Waals surface area contributed by atoms with Crippen molar-refractivity contribution in [2.45, 2.75) is 5.37 Å². The largest absolute Gasteiger partial charge is 0.237 e.